The van der Waals surface area contributed by atoms with Crippen LogP contribution in [-0.2, 0) is 0 Å². The van der Waals surface area contributed by atoms with E-state index in [-0.39, 0.29) is 5.75 Å². The standard InChI is InChI=1S/C22H25BrO5/c1-3-5-6-7-12-27-19-11-9-17(14-18(19)23)22(25)28-20-10-8-16(15-24)13-21(20)26-4-2/h8-11,13-15H,3-7,12H2,1-2H3. The third kappa shape index (κ3) is 6.37. The third-order valence-electron chi connectivity index (χ3n) is 4.03. The number of hydrogen-bond acceptors (Lipinski definition) is 5. The third-order valence-corrected chi connectivity index (χ3v) is 4.65. The van der Waals surface area contributed by atoms with Crippen LogP contribution in [0.2, 0.25) is 0 Å². The van der Waals surface area contributed by atoms with E-state index in [1.807, 2.05) is 6.92 Å². The van der Waals surface area contributed by atoms with Crippen LogP contribution in [0.25, 0.3) is 0 Å². The molecular weight excluding hydrogens is 424 g/mol. The van der Waals surface area contributed by atoms with Gasteiger partial charge in [-0.2, -0.15) is 0 Å². The van der Waals surface area contributed by atoms with Crippen molar-refractivity contribution < 1.29 is 23.8 Å². The van der Waals surface area contributed by atoms with Crippen molar-refractivity contribution in [3.8, 4) is 17.2 Å². The van der Waals surface area contributed by atoms with Crippen LogP contribution in [0, 0.1) is 0 Å². The summed E-state index contributed by atoms with van der Waals surface area (Å²) >= 11 is 3.45. The Hall–Kier alpha value is -2.34. The van der Waals surface area contributed by atoms with E-state index in [2.05, 4.69) is 22.9 Å². The first kappa shape index (κ1) is 22.0. The molecule has 2 aromatic carbocycles. The highest BCUT2D eigenvalue weighted by atomic mass is 79.9. The first-order valence-electron chi connectivity index (χ1n) is 9.45. The highest BCUT2D eigenvalue weighted by Crippen LogP contribution is 2.30. The van der Waals surface area contributed by atoms with Gasteiger partial charge in [0.05, 0.1) is 23.2 Å². The number of carbonyl (C=O) groups is 2. The van der Waals surface area contributed by atoms with Gasteiger partial charge >= 0.3 is 5.97 Å². The number of rotatable bonds is 11. The molecule has 0 N–H and O–H groups in total. The van der Waals surface area contributed by atoms with Gasteiger partial charge in [-0.3, -0.25) is 4.79 Å². The Morgan fingerprint density at radius 1 is 0.964 bits per heavy atom. The van der Waals surface area contributed by atoms with E-state index in [1.54, 1.807) is 36.4 Å². The van der Waals surface area contributed by atoms with Gasteiger partial charge in [-0.15, -0.1) is 0 Å². The average molecular weight is 449 g/mol. The van der Waals surface area contributed by atoms with E-state index < -0.39 is 5.97 Å². The molecule has 0 aliphatic rings. The molecule has 0 spiro atoms. The highest BCUT2D eigenvalue weighted by Gasteiger charge is 2.15. The fraction of sp³-hybridized carbons (Fsp3) is 0.364. The summed E-state index contributed by atoms with van der Waals surface area (Å²) in [5, 5.41) is 0. The summed E-state index contributed by atoms with van der Waals surface area (Å²) in [5.41, 5.74) is 0.832. The van der Waals surface area contributed by atoms with Crippen molar-refractivity contribution in [3.63, 3.8) is 0 Å². The molecular formula is C22H25BrO5. The molecule has 0 fully saturated rings. The molecule has 0 aliphatic carbocycles. The molecule has 0 radical (unpaired) electrons. The number of aldehydes is 1. The largest absolute Gasteiger partial charge is 0.492 e. The number of esters is 1. The van der Waals surface area contributed by atoms with Crippen LogP contribution < -0.4 is 14.2 Å². The number of unbranched alkanes of at least 4 members (excludes halogenated alkanes) is 3. The van der Waals surface area contributed by atoms with Gasteiger partial charge in [0, 0.05) is 5.56 Å². The topological polar surface area (TPSA) is 61.8 Å². The Kier molecular flexibility index (Phi) is 9.01. The molecule has 0 atom stereocenters. The van der Waals surface area contributed by atoms with Gasteiger partial charge in [0.15, 0.2) is 11.5 Å². The first-order valence-corrected chi connectivity index (χ1v) is 10.2. The van der Waals surface area contributed by atoms with E-state index in [9.17, 15) is 9.59 Å². The fourth-order valence-electron chi connectivity index (χ4n) is 2.57. The Balaban J connectivity index is 2.04. The maximum absolute atomic E-state index is 12.5. The zero-order valence-electron chi connectivity index (χ0n) is 16.2. The molecule has 2 aromatic rings. The smallest absolute Gasteiger partial charge is 0.343 e. The lowest BCUT2D eigenvalue weighted by atomic mass is 10.2. The van der Waals surface area contributed by atoms with Crippen LogP contribution >= 0.6 is 15.9 Å². The van der Waals surface area contributed by atoms with Gasteiger partial charge in [-0.05, 0) is 65.7 Å². The Morgan fingerprint density at radius 3 is 2.43 bits per heavy atom. The lowest BCUT2D eigenvalue weighted by Crippen LogP contribution is -2.10. The summed E-state index contributed by atoms with van der Waals surface area (Å²) in [6.07, 6.45) is 5.24. The molecule has 0 amide bonds. The van der Waals surface area contributed by atoms with Crippen LogP contribution in [0.15, 0.2) is 40.9 Å². The monoisotopic (exact) mass is 448 g/mol. The average Bonchev–Trinajstić information content (AvgIpc) is 2.70. The van der Waals surface area contributed by atoms with Gasteiger partial charge in [0.25, 0.3) is 0 Å². The number of ether oxygens (including phenoxy) is 3. The summed E-state index contributed by atoms with van der Waals surface area (Å²) < 4.78 is 17.4. The van der Waals surface area contributed by atoms with Crippen LogP contribution in [-0.4, -0.2) is 25.5 Å². The fourth-order valence-corrected chi connectivity index (χ4v) is 3.06. The van der Waals surface area contributed by atoms with Crippen LogP contribution in [0.4, 0.5) is 0 Å². The summed E-state index contributed by atoms with van der Waals surface area (Å²) in [5.74, 6) is 0.796. The maximum atomic E-state index is 12.5. The molecule has 0 heterocycles. The summed E-state index contributed by atoms with van der Waals surface area (Å²) in [6.45, 7) is 5.02. The van der Waals surface area contributed by atoms with Crippen molar-refractivity contribution in [2.24, 2.45) is 0 Å². The molecule has 0 bridgehead atoms. The first-order chi connectivity index (χ1) is 13.6. The van der Waals surface area contributed by atoms with Crippen molar-refractivity contribution in [2.75, 3.05) is 13.2 Å². The van der Waals surface area contributed by atoms with Gasteiger partial charge in [-0.25, -0.2) is 4.79 Å². The van der Waals surface area contributed by atoms with Crippen molar-refractivity contribution in [3.05, 3.63) is 52.0 Å². The molecule has 5 nitrogen and oxygen atoms in total. The number of hydrogen-bond donors (Lipinski definition) is 0. The van der Waals surface area contributed by atoms with Gasteiger partial charge in [-0.1, -0.05) is 26.2 Å². The highest BCUT2D eigenvalue weighted by molar-refractivity contribution is 9.10. The van der Waals surface area contributed by atoms with Gasteiger partial charge in [0.1, 0.15) is 12.0 Å². The number of halogens is 1. The summed E-state index contributed by atoms with van der Waals surface area (Å²) in [4.78, 5) is 23.4. The van der Waals surface area contributed by atoms with Crippen molar-refractivity contribution in [2.45, 2.75) is 39.5 Å². The zero-order chi connectivity index (χ0) is 20.4. The van der Waals surface area contributed by atoms with E-state index in [1.165, 1.54) is 12.8 Å². The SMILES string of the molecule is CCCCCCOc1ccc(C(=O)Oc2ccc(C=O)cc2OCC)cc1Br. The van der Waals surface area contributed by atoms with Crippen molar-refractivity contribution >= 4 is 28.2 Å². The molecule has 28 heavy (non-hydrogen) atoms. The zero-order valence-corrected chi connectivity index (χ0v) is 17.8. The minimum atomic E-state index is -0.519. The van der Waals surface area contributed by atoms with Crippen molar-refractivity contribution in [1.82, 2.24) is 0 Å². The molecule has 150 valence electrons. The molecule has 0 aliphatic heterocycles. The van der Waals surface area contributed by atoms with Crippen LogP contribution in [0.5, 0.6) is 17.2 Å². The van der Waals surface area contributed by atoms with Gasteiger partial charge in [0.2, 0.25) is 0 Å². The Labute approximate surface area is 174 Å². The van der Waals surface area contributed by atoms with Crippen molar-refractivity contribution in [1.29, 1.82) is 0 Å². The van der Waals surface area contributed by atoms with Crippen LogP contribution in [0.3, 0.4) is 0 Å². The second-order valence-corrected chi connectivity index (χ2v) is 7.06. The van der Waals surface area contributed by atoms with E-state index in [0.29, 0.717) is 46.6 Å². The predicted octanol–water partition coefficient (Wildman–Crippen LogP) is 5.84. The number of carbonyl (C=O) groups excluding carboxylic acids is 2. The molecule has 0 aromatic heterocycles. The predicted molar refractivity (Wildman–Crippen MR) is 112 cm³/mol. The maximum Gasteiger partial charge on any atom is 0.343 e. The lowest BCUT2D eigenvalue weighted by Gasteiger charge is -2.12. The Morgan fingerprint density at radius 2 is 1.75 bits per heavy atom. The van der Waals surface area contributed by atoms with Crippen LogP contribution in [0.1, 0.15) is 60.2 Å². The molecule has 2 rings (SSSR count). The lowest BCUT2D eigenvalue weighted by molar-refractivity contribution is 0.0728. The molecule has 6 heteroatoms. The quantitative estimate of drug-likeness (QED) is 0.187. The summed E-state index contributed by atoms with van der Waals surface area (Å²) in [7, 11) is 0. The summed E-state index contributed by atoms with van der Waals surface area (Å²) in [6, 6.07) is 9.75. The second-order valence-electron chi connectivity index (χ2n) is 6.20. The van der Waals surface area contributed by atoms with Gasteiger partial charge < -0.3 is 14.2 Å². The minimum absolute atomic E-state index is 0.268. The second kappa shape index (κ2) is 11.5. The van der Waals surface area contributed by atoms with E-state index >= 15 is 0 Å². The molecule has 0 unspecified atom stereocenters. The Bertz CT molecular complexity index is 804. The van der Waals surface area contributed by atoms with E-state index in [4.69, 9.17) is 14.2 Å². The normalized spacial score (nSPS) is 10.4. The molecule has 0 saturated heterocycles. The minimum Gasteiger partial charge on any atom is -0.492 e. The number of benzene rings is 2. The molecule has 0 saturated carbocycles. The van der Waals surface area contributed by atoms with E-state index in [0.717, 1.165) is 12.8 Å².